The third kappa shape index (κ3) is 3.71. The molecule has 0 aliphatic carbocycles. The molecule has 0 amide bonds. The molecule has 0 radical (unpaired) electrons. The maximum absolute atomic E-state index is 13.1. The third-order valence-corrected chi connectivity index (χ3v) is 2.49. The minimum atomic E-state index is -4.71. The number of benzene rings is 1. The lowest BCUT2D eigenvalue weighted by atomic mass is 10.1. The first kappa shape index (κ1) is 16.0. The molecule has 9 heteroatoms. The Kier molecular flexibility index (Phi) is 4.65. The zero-order chi connectivity index (χ0) is 15.0. The van der Waals surface area contributed by atoms with Crippen molar-refractivity contribution in [3.63, 3.8) is 0 Å². The van der Waals surface area contributed by atoms with E-state index in [1.165, 1.54) is 0 Å². The van der Waals surface area contributed by atoms with Crippen LogP contribution in [0.15, 0.2) is 0 Å². The Balaban J connectivity index is 3.09. The summed E-state index contributed by atoms with van der Waals surface area (Å²) in [6.07, 6.45) is -7.46. The summed E-state index contributed by atoms with van der Waals surface area (Å²) in [5.74, 6) is -11.2. The second-order valence-corrected chi connectivity index (χ2v) is 4.29. The monoisotopic (exact) mass is 312 g/mol. The fraction of sp³-hybridized carbons (Fsp3) is 0.400. The van der Waals surface area contributed by atoms with Crippen molar-refractivity contribution < 1.29 is 35.1 Å². The Hall–Kier alpha value is -1.05. The molecule has 0 aromatic heterocycles. The summed E-state index contributed by atoms with van der Waals surface area (Å²) >= 11 is 5.20. The van der Waals surface area contributed by atoms with Crippen LogP contribution in [0.1, 0.15) is 12.0 Å². The smallest absolute Gasteiger partial charge is 0.203 e. The van der Waals surface area contributed by atoms with Gasteiger partial charge in [-0.05, 0) is 6.42 Å². The van der Waals surface area contributed by atoms with Crippen LogP contribution in [0.3, 0.4) is 0 Å². The fourth-order valence-corrected chi connectivity index (χ4v) is 1.70. The molecule has 1 atom stereocenters. The van der Waals surface area contributed by atoms with Crippen molar-refractivity contribution in [2.75, 3.05) is 0 Å². The van der Waals surface area contributed by atoms with Gasteiger partial charge in [0.15, 0.2) is 23.3 Å². The van der Waals surface area contributed by atoms with Crippen molar-refractivity contribution in [2.24, 2.45) is 0 Å². The van der Waals surface area contributed by atoms with Gasteiger partial charge in [-0.1, -0.05) is 0 Å². The molecule has 0 N–H and O–H groups in total. The average Bonchev–Trinajstić information content (AvgIpc) is 2.27. The molecule has 0 saturated heterocycles. The van der Waals surface area contributed by atoms with E-state index in [9.17, 15) is 35.1 Å². The second kappa shape index (κ2) is 5.52. The summed E-state index contributed by atoms with van der Waals surface area (Å²) in [5.41, 5.74) is -1.36. The molecular formula is C10H5ClF8. The fourth-order valence-electron chi connectivity index (χ4n) is 1.37. The molecule has 1 aromatic rings. The highest BCUT2D eigenvalue weighted by atomic mass is 35.5. The SMILES string of the molecule is Fc1c(F)c(F)c(CC(Cl)CC(F)(F)F)c(F)c1F. The minimum Gasteiger partial charge on any atom is -0.203 e. The predicted octanol–water partition coefficient (Wildman–Crippen LogP) is 4.48. The van der Waals surface area contributed by atoms with Crippen LogP contribution in [-0.2, 0) is 6.42 Å². The highest BCUT2D eigenvalue weighted by Crippen LogP contribution is 2.29. The Bertz CT molecular complexity index is 452. The third-order valence-electron chi connectivity index (χ3n) is 2.18. The van der Waals surface area contributed by atoms with E-state index in [4.69, 9.17) is 11.6 Å². The lowest BCUT2D eigenvalue weighted by molar-refractivity contribution is -0.134. The number of hydrogen-bond acceptors (Lipinski definition) is 0. The van der Waals surface area contributed by atoms with Gasteiger partial charge in [0.2, 0.25) is 5.82 Å². The molecule has 1 rings (SSSR count). The molecule has 1 aromatic carbocycles. The summed E-state index contributed by atoms with van der Waals surface area (Å²) < 4.78 is 100. The first-order valence-corrected chi connectivity index (χ1v) is 5.19. The Morgan fingerprint density at radius 3 is 1.53 bits per heavy atom. The number of hydrogen-bond donors (Lipinski definition) is 0. The normalized spacial score (nSPS) is 13.7. The van der Waals surface area contributed by atoms with Gasteiger partial charge in [-0.2, -0.15) is 13.2 Å². The van der Waals surface area contributed by atoms with Crippen molar-refractivity contribution in [3.05, 3.63) is 34.6 Å². The highest BCUT2D eigenvalue weighted by molar-refractivity contribution is 6.20. The topological polar surface area (TPSA) is 0 Å². The Labute approximate surface area is 107 Å². The summed E-state index contributed by atoms with van der Waals surface area (Å²) in [5, 5.41) is -1.84. The molecule has 108 valence electrons. The van der Waals surface area contributed by atoms with Gasteiger partial charge in [-0.25, -0.2) is 22.0 Å². The average molecular weight is 313 g/mol. The van der Waals surface area contributed by atoms with Crippen LogP contribution in [0.4, 0.5) is 35.1 Å². The van der Waals surface area contributed by atoms with Crippen molar-refractivity contribution in [1.29, 1.82) is 0 Å². The van der Waals surface area contributed by atoms with Gasteiger partial charge >= 0.3 is 6.18 Å². The first-order chi connectivity index (χ1) is 8.54. The lowest BCUT2D eigenvalue weighted by Crippen LogP contribution is -2.19. The van der Waals surface area contributed by atoms with E-state index in [0.29, 0.717) is 0 Å². The molecule has 19 heavy (non-hydrogen) atoms. The zero-order valence-corrected chi connectivity index (χ0v) is 9.65. The van der Waals surface area contributed by atoms with Gasteiger partial charge in [0.05, 0.1) is 6.42 Å². The zero-order valence-electron chi connectivity index (χ0n) is 8.89. The molecule has 0 spiro atoms. The largest absolute Gasteiger partial charge is 0.390 e. The molecular weight excluding hydrogens is 308 g/mol. The quantitative estimate of drug-likeness (QED) is 0.334. The highest BCUT2D eigenvalue weighted by Gasteiger charge is 2.33. The number of rotatable bonds is 3. The maximum Gasteiger partial charge on any atom is 0.390 e. The van der Waals surface area contributed by atoms with Crippen LogP contribution >= 0.6 is 11.6 Å². The van der Waals surface area contributed by atoms with Crippen molar-refractivity contribution in [3.8, 4) is 0 Å². The second-order valence-electron chi connectivity index (χ2n) is 3.67. The van der Waals surface area contributed by atoms with Crippen molar-refractivity contribution >= 4 is 11.6 Å². The molecule has 1 unspecified atom stereocenters. The van der Waals surface area contributed by atoms with Crippen LogP contribution in [0, 0.1) is 29.1 Å². The van der Waals surface area contributed by atoms with E-state index in [0.717, 1.165) is 0 Å². The van der Waals surface area contributed by atoms with Crippen LogP contribution in [-0.4, -0.2) is 11.6 Å². The molecule has 0 aliphatic heterocycles. The number of alkyl halides is 4. The summed E-state index contributed by atoms with van der Waals surface area (Å²) in [6.45, 7) is 0. The molecule has 0 nitrogen and oxygen atoms in total. The summed E-state index contributed by atoms with van der Waals surface area (Å²) in [6, 6.07) is 0. The van der Waals surface area contributed by atoms with E-state index < -0.39 is 59.0 Å². The van der Waals surface area contributed by atoms with E-state index in [1.807, 2.05) is 0 Å². The summed E-state index contributed by atoms with van der Waals surface area (Å²) in [7, 11) is 0. The molecule has 0 heterocycles. The molecule has 0 bridgehead atoms. The van der Waals surface area contributed by atoms with Crippen LogP contribution < -0.4 is 0 Å². The lowest BCUT2D eigenvalue weighted by Gasteiger charge is -2.14. The number of halogens is 9. The van der Waals surface area contributed by atoms with Gasteiger partial charge in [0.1, 0.15) is 0 Å². The molecule has 0 saturated carbocycles. The van der Waals surface area contributed by atoms with Crippen molar-refractivity contribution in [2.45, 2.75) is 24.4 Å². The Morgan fingerprint density at radius 1 is 0.789 bits per heavy atom. The first-order valence-electron chi connectivity index (χ1n) is 4.75. The van der Waals surface area contributed by atoms with E-state index in [2.05, 4.69) is 0 Å². The maximum atomic E-state index is 13.1. The minimum absolute atomic E-state index is 1.13. The van der Waals surface area contributed by atoms with Gasteiger partial charge in [0.25, 0.3) is 0 Å². The van der Waals surface area contributed by atoms with Gasteiger partial charge < -0.3 is 0 Å². The summed E-state index contributed by atoms with van der Waals surface area (Å²) in [4.78, 5) is 0. The Morgan fingerprint density at radius 2 is 1.16 bits per heavy atom. The van der Waals surface area contributed by atoms with E-state index in [1.54, 1.807) is 0 Å². The van der Waals surface area contributed by atoms with E-state index >= 15 is 0 Å². The van der Waals surface area contributed by atoms with E-state index in [-0.39, 0.29) is 0 Å². The van der Waals surface area contributed by atoms with Gasteiger partial charge in [-0.3, -0.25) is 0 Å². The van der Waals surface area contributed by atoms with Crippen molar-refractivity contribution in [1.82, 2.24) is 0 Å². The molecule has 0 aliphatic rings. The van der Waals surface area contributed by atoms with Gasteiger partial charge in [-0.15, -0.1) is 11.6 Å². The molecule has 0 fully saturated rings. The van der Waals surface area contributed by atoms with Gasteiger partial charge in [0, 0.05) is 10.9 Å². The van der Waals surface area contributed by atoms with Crippen LogP contribution in [0.2, 0.25) is 0 Å². The van der Waals surface area contributed by atoms with Crippen LogP contribution in [0.25, 0.3) is 0 Å². The standard InChI is InChI=1S/C10H5ClF8/c11-3(2-10(17,18)19)1-4-5(12)7(14)9(16)8(15)6(4)13/h3H,1-2H2. The predicted molar refractivity (Wildman–Crippen MR) is 50.2 cm³/mol. The van der Waals surface area contributed by atoms with Crippen LogP contribution in [0.5, 0.6) is 0 Å².